The summed E-state index contributed by atoms with van der Waals surface area (Å²) in [7, 11) is 1.21. The first-order chi connectivity index (χ1) is 7.00. The van der Waals surface area contributed by atoms with Gasteiger partial charge in [0, 0.05) is 5.41 Å². The lowest BCUT2D eigenvalue weighted by Gasteiger charge is -2.32. The first kappa shape index (κ1) is 14.9. The second-order valence-electron chi connectivity index (χ2n) is 5.34. The molecule has 16 heavy (non-hydrogen) atoms. The number of ketones is 1. The molecule has 0 aliphatic rings. The van der Waals surface area contributed by atoms with Crippen LogP contribution in [0.4, 0.5) is 4.79 Å². The van der Waals surface area contributed by atoms with Gasteiger partial charge in [-0.05, 0) is 13.8 Å². The molecule has 0 saturated heterocycles. The van der Waals surface area contributed by atoms with Crippen LogP contribution >= 0.6 is 0 Å². The predicted octanol–water partition coefficient (Wildman–Crippen LogP) is 1.10. The summed E-state index contributed by atoms with van der Waals surface area (Å²) in [5.74, 6) is -0.245. The minimum atomic E-state index is -1.33. The highest BCUT2D eigenvalue weighted by Crippen LogP contribution is 2.22. The van der Waals surface area contributed by atoms with E-state index in [0.717, 1.165) is 0 Å². The van der Waals surface area contributed by atoms with E-state index in [-0.39, 0.29) is 5.78 Å². The number of hydrogen-bond acceptors (Lipinski definition) is 4. The smallest absolute Gasteiger partial charge is 0.407 e. The highest BCUT2D eigenvalue weighted by molar-refractivity contribution is 5.92. The van der Waals surface area contributed by atoms with Crippen LogP contribution in [0.2, 0.25) is 0 Å². The molecule has 0 saturated carbocycles. The van der Waals surface area contributed by atoms with E-state index in [4.69, 9.17) is 0 Å². The third-order valence-corrected chi connectivity index (χ3v) is 2.16. The predicted molar refractivity (Wildman–Crippen MR) is 60.1 cm³/mol. The van der Waals surface area contributed by atoms with E-state index in [1.807, 2.05) is 0 Å². The molecule has 2 N–H and O–H groups in total. The SMILES string of the molecule is COC(=O)NC(C(=O)C(C)(C)C)C(C)(C)O. The molecule has 0 aromatic carbocycles. The van der Waals surface area contributed by atoms with Crippen molar-refractivity contribution < 1.29 is 19.4 Å². The molecule has 0 spiro atoms. The van der Waals surface area contributed by atoms with E-state index in [1.165, 1.54) is 21.0 Å². The number of nitrogens with one attached hydrogen (secondary N) is 1. The van der Waals surface area contributed by atoms with E-state index in [2.05, 4.69) is 10.1 Å². The van der Waals surface area contributed by atoms with E-state index in [1.54, 1.807) is 20.8 Å². The van der Waals surface area contributed by atoms with Gasteiger partial charge in [-0.25, -0.2) is 4.79 Å². The number of methoxy groups -OCH3 is 1. The molecule has 1 amide bonds. The summed E-state index contributed by atoms with van der Waals surface area (Å²) in [5.41, 5.74) is -1.98. The van der Waals surface area contributed by atoms with Gasteiger partial charge in [0.15, 0.2) is 5.78 Å². The average molecular weight is 231 g/mol. The zero-order chi connectivity index (χ0) is 13.1. The Morgan fingerprint density at radius 2 is 1.62 bits per heavy atom. The van der Waals surface area contributed by atoms with Gasteiger partial charge in [0.1, 0.15) is 6.04 Å². The number of aliphatic hydroxyl groups is 1. The van der Waals surface area contributed by atoms with Crippen LogP contribution in [-0.4, -0.2) is 35.7 Å². The normalized spacial score (nSPS) is 14.2. The first-order valence-electron chi connectivity index (χ1n) is 5.11. The summed E-state index contributed by atoms with van der Waals surface area (Å²) in [6.07, 6.45) is -0.732. The fraction of sp³-hybridized carbons (Fsp3) is 0.818. The molecule has 0 bridgehead atoms. The molecule has 1 unspecified atom stereocenters. The Morgan fingerprint density at radius 3 is 1.88 bits per heavy atom. The minimum absolute atomic E-state index is 0.245. The molecule has 5 heteroatoms. The lowest BCUT2D eigenvalue weighted by atomic mass is 9.81. The number of hydrogen-bond donors (Lipinski definition) is 2. The second-order valence-corrected chi connectivity index (χ2v) is 5.34. The highest BCUT2D eigenvalue weighted by Gasteiger charge is 2.40. The maximum absolute atomic E-state index is 12.0. The van der Waals surface area contributed by atoms with Crippen LogP contribution in [0.15, 0.2) is 0 Å². The number of Topliss-reactive ketones (excluding diaryl/α,β-unsaturated/α-hetero) is 1. The van der Waals surface area contributed by atoms with Crippen molar-refractivity contribution in [1.82, 2.24) is 5.32 Å². The Hall–Kier alpha value is -1.10. The molecular weight excluding hydrogens is 210 g/mol. The van der Waals surface area contributed by atoms with Gasteiger partial charge < -0.3 is 15.2 Å². The van der Waals surface area contributed by atoms with Crippen molar-refractivity contribution in [2.45, 2.75) is 46.3 Å². The Balaban J connectivity index is 4.98. The first-order valence-corrected chi connectivity index (χ1v) is 5.11. The molecular formula is C11H21NO4. The van der Waals surface area contributed by atoms with Crippen LogP contribution in [0.25, 0.3) is 0 Å². The summed E-state index contributed by atoms with van der Waals surface area (Å²) in [4.78, 5) is 23.1. The Kier molecular flexibility index (Phi) is 4.49. The summed E-state index contributed by atoms with van der Waals surface area (Å²) in [5, 5.41) is 12.2. The van der Waals surface area contributed by atoms with Crippen LogP contribution in [0.3, 0.4) is 0 Å². The van der Waals surface area contributed by atoms with Gasteiger partial charge in [0.25, 0.3) is 0 Å². The molecule has 0 radical (unpaired) electrons. The van der Waals surface area contributed by atoms with E-state index >= 15 is 0 Å². The van der Waals surface area contributed by atoms with Crippen LogP contribution in [0, 0.1) is 5.41 Å². The summed E-state index contributed by atoms with van der Waals surface area (Å²) < 4.78 is 4.43. The molecule has 1 atom stereocenters. The number of ether oxygens (including phenoxy) is 1. The fourth-order valence-corrected chi connectivity index (χ4v) is 1.17. The molecule has 0 fully saturated rings. The molecule has 0 aromatic rings. The van der Waals surface area contributed by atoms with Gasteiger partial charge in [-0.1, -0.05) is 20.8 Å². The monoisotopic (exact) mass is 231 g/mol. The van der Waals surface area contributed by atoms with Gasteiger partial charge >= 0.3 is 6.09 Å². The molecule has 0 aliphatic heterocycles. The molecule has 0 rings (SSSR count). The largest absolute Gasteiger partial charge is 0.453 e. The van der Waals surface area contributed by atoms with E-state index < -0.39 is 23.2 Å². The van der Waals surface area contributed by atoms with E-state index in [0.29, 0.717) is 0 Å². The second kappa shape index (κ2) is 4.82. The number of alkyl carbamates (subject to hydrolysis) is 1. The number of amides is 1. The molecule has 0 aliphatic carbocycles. The topological polar surface area (TPSA) is 75.6 Å². The lowest BCUT2D eigenvalue weighted by molar-refractivity contribution is -0.134. The standard InChI is InChI=1S/C11H21NO4/c1-10(2,3)8(13)7(11(4,5)15)12-9(14)16-6/h7,15H,1-6H3,(H,12,14). The van der Waals surface area contributed by atoms with Crippen molar-refractivity contribution in [3.8, 4) is 0 Å². The molecule has 94 valence electrons. The quantitative estimate of drug-likeness (QED) is 0.762. The summed E-state index contributed by atoms with van der Waals surface area (Å²) >= 11 is 0. The lowest BCUT2D eigenvalue weighted by Crippen LogP contribution is -2.57. The van der Waals surface area contributed by atoms with Gasteiger partial charge in [-0.2, -0.15) is 0 Å². The van der Waals surface area contributed by atoms with Crippen LogP contribution < -0.4 is 5.32 Å². The number of rotatable bonds is 3. The third kappa shape index (κ3) is 4.18. The van der Waals surface area contributed by atoms with Crippen molar-refractivity contribution in [1.29, 1.82) is 0 Å². The Morgan fingerprint density at radius 1 is 1.19 bits per heavy atom. The van der Waals surface area contributed by atoms with Gasteiger partial charge in [0.05, 0.1) is 12.7 Å². The zero-order valence-corrected chi connectivity index (χ0v) is 10.7. The van der Waals surface area contributed by atoms with Crippen LogP contribution in [0.5, 0.6) is 0 Å². The van der Waals surface area contributed by atoms with Crippen molar-refractivity contribution in [2.24, 2.45) is 5.41 Å². The van der Waals surface area contributed by atoms with Gasteiger partial charge in [-0.15, -0.1) is 0 Å². The maximum Gasteiger partial charge on any atom is 0.407 e. The number of carbonyl (C=O) groups excluding carboxylic acids is 2. The summed E-state index contributed by atoms with van der Waals surface area (Å²) in [6, 6.07) is -0.986. The van der Waals surface area contributed by atoms with Crippen LogP contribution in [-0.2, 0) is 9.53 Å². The van der Waals surface area contributed by atoms with E-state index in [9.17, 15) is 14.7 Å². The molecule has 0 heterocycles. The van der Waals surface area contributed by atoms with Crippen molar-refractivity contribution in [3.63, 3.8) is 0 Å². The summed E-state index contributed by atoms with van der Waals surface area (Å²) in [6.45, 7) is 8.13. The van der Waals surface area contributed by atoms with Crippen molar-refractivity contribution in [2.75, 3.05) is 7.11 Å². The highest BCUT2D eigenvalue weighted by atomic mass is 16.5. The van der Waals surface area contributed by atoms with Crippen LogP contribution in [0.1, 0.15) is 34.6 Å². The average Bonchev–Trinajstić information content (AvgIpc) is 2.09. The van der Waals surface area contributed by atoms with Gasteiger partial charge in [-0.3, -0.25) is 4.79 Å². The van der Waals surface area contributed by atoms with Gasteiger partial charge in [0.2, 0.25) is 0 Å². The minimum Gasteiger partial charge on any atom is -0.453 e. The van der Waals surface area contributed by atoms with Crippen molar-refractivity contribution in [3.05, 3.63) is 0 Å². The fourth-order valence-electron chi connectivity index (χ4n) is 1.17. The Labute approximate surface area is 96.2 Å². The number of carbonyl (C=O) groups is 2. The Bertz CT molecular complexity index is 273. The molecule has 5 nitrogen and oxygen atoms in total. The van der Waals surface area contributed by atoms with Crippen molar-refractivity contribution >= 4 is 11.9 Å². The molecule has 0 aromatic heterocycles. The third-order valence-electron chi connectivity index (χ3n) is 2.16. The zero-order valence-electron chi connectivity index (χ0n) is 10.7. The maximum atomic E-state index is 12.0.